The molecule has 4 heteroatoms. The molecule has 0 radical (unpaired) electrons. The molecule has 1 heterocycles. The SMILES string of the molecule is CCC(C)N(CC)C(=O)c1cc(N)nc2ccccc12. The summed E-state index contributed by atoms with van der Waals surface area (Å²) in [6.07, 6.45) is 0.929. The van der Waals surface area contributed by atoms with Gasteiger partial charge in [0.05, 0.1) is 11.1 Å². The van der Waals surface area contributed by atoms with E-state index in [-0.39, 0.29) is 11.9 Å². The third kappa shape index (κ3) is 2.59. The van der Waals surface area contributed by atoms with Gasteiger partial charge in [-0.05, 0) is 32.4 Å². The summed E-state index contributed by atoms with van der Waals surface area (Å²) in [4.78, 5) is 18.9. The van der Waals surface area contributed by atoms with E-state index in [4.69, 9.17) is 5.73 Å². The summed E-state index contributed by atoms with van der Waals surface area (Å²) in [7, 11) is 0. The highest BCUT2D eigenvalue weighted by Crippen LogP contribution is 2.22. The Morgan fingerprint density at radius 3 is 2.70 bits per heavy atom. The lowest BCUT2D eigenvalue weighted by molar-refractivity contribution is 0.0702. The molecule has 1 aromatic heterocycles. The van der Waals surface area contributed by atoms with E-state index in [2.05, 4.69) is 18.8 Å². The van der Waals surface area contributed by atoms with Crippen LogP contribution in [0.15, 0.2) is 30.3 Å². The van der Waals surface area contributed by atoms with Gasteiger partial charge in [-0.25, -0.2) is 4.98 Å². The maximum Gasteiger partial charge on any atom is 0.254 e. The number of anilines is 1. The lowest BCUT2D eigenvalue weighted by Gasteiger charge is -2.27. The first-order valence-electron chi connectivity index (χ1n) is 7.04. The number of nitrogens with two attached hydrogens (primary N) is 1. The van der Waals surface area contributed by atoms with Crippen molar-refractivity contribution in [3.8, 4) is 0 Å². The van der Waals surface area contributed by atoms with Crippen molar-refractivity contribution in [3.05, 3.63) is 35.9 Å². The fraction of sp³-hybridized carbons (Fsp3) is 0.375. The van der Waals surface area contributed by atoms with Crippen molar-refractivity contribution in [2.75, 3.05) is 12.3 Å². The van der Waals surface area contributed by atoms with Crippen LogP contribution >= 0.6 is 0 Å². The maximum absolute atomic E-state index is 12.8. The zero-order chi connectivity index (χ0) is 14.7. The average molecular weight is 271 g/mol. The molecule has 0 aliphatic heterocycles. The fourth-order valence-corrected chi connectivity index (χ4v) is 2.40. The molecule has 1 amide bonds. The topological polar surface area (TPSA) is 59.2 Å². The van der Waals surface area contributed by atoms with E-state index in [0.29, 0.717) is 17.9 Å². The molecule has 0 aliphatic carbocycles. The van der Waals surface area contributed by atoms with Crippen LogP contribution in [0.1, 0.15) is 37.6 Å². The summed E-state index contributed by atoms with van der Waals surface area (Å²) in [6.45, 7) is 6.83. The van der Waals surface area contributed by atoms with E-state index in [1.807, 2.05) is 36.1 Å². The van der Waals surface area contributed by atoms with E-state index >= 15 is 0 Å². The second-order valence-corrected chi connectivity index (χ2v) is 4.96. The number of carbonyl (C=O) groups is 1. The molecule has 2 aromatic rings. The molecule has 1 unspecified atom stereocenters. The molecular weight excluding hydrogens is 250 g/mol. The first kappa shape index (κ1) is 14.3. The smallest absolute Gasteiger partial charge is 0.254 e. The standard InChI is InChI=1S/C16H21N3O/c1-4-11(3)19(5-2)16(20)13-10-15(17)18-14-9-7-6-8-12(13)14/h6-11H,4-5H2,1-3H3,(H2,17,18). The van der Waals surface area contributed by atoms with Crippen LogP contribution in [0.25, 0.3) is 10.9 Å². The average Bonchev–Trinajstić information content (AvgIpc) is 2.46. The number of amides is 1. The molecule has 4 nitrogen and oxygen atoms in total. The van der Waals surface area contributed by atoms with Crippen LogP contribution < -0.4 is 5.73 Å². The molecule has 1 atom stereocenters. The van der Waals surface area contributed by atoms with E-state index < -0.39 is 0 Å². The highest BCUT2D eigenvalue weighted by Gasteiger charge is 2.21. The van der Waals surface area contributed by atoms with Crippen LogP contribution in [0.5, 0.6) is 0 Å². The molecule has 0 fully saturated rings. The minimum absolute atomic E-state index is 0.0205. The van der Waals surface area contributed by atoms with E-state index in [9.17, 15) is 4.79 Å². The molecule has 106 valence electrons. The highest BCUT2D eigenvalue weighted by atomic mass is 16.2. The van der Waals surface area contributed by atoms with Gasteiger partial charge in [0.25, 0.3) is 5.91 Å². The molecule has 0 bridgehead atoms. The van der Waals surface area contributed by atoms with Crippen LogP contribution in [0.4, 0.5) is 5.82 Å². The molecule has 0 saturated carbocycles. The largest absolute Gasteiger partial charge is 0.384 e. The van der Waals surface area contributed by atoms with Crippen LogP contribution in [0.2, 0.25) is 0 Å². The number of nitrogens with zero attached hydrogens (tertiary/aromatic N) is 2. The second-order valence-electron chi connectivity index (χ2n) is 4.96. The van der Waals surface area contributed by atoms with Gasteiger partial charge >= 0.3 is 0 Å². The summed E-state index contributed by atoms with van der Waals surface area (Å²) >= 11 is 0. The van der Waals surface area contributed by atoms with Gasteiger partial charge in [0.15, 0.2) is 0 Å². The van der Waals surface area contributed by atoms with Crippen molar-refractivity contribution in [1.82, 2.24) is 9.88 Å². The minimum Gasteiger partial charge on any atom is -0.384 e. The van der Waals surface area contributed by atoms with Crippen molar-refractivity contribution in [2.24, 2.45) is 0 Å². The monoisotopic (exact) mass is 271 g/mol. The van der Waals surface area contributed by atoms with Gasteiger partial charge in [-0.15, -0.1) is 0 Å². The number of para-hydroxylation sites is 1. The van der Waals surface area contributed by atoms with Crippen LogP contribution in [0.3, 0.4) is 0 Å². The van der Waals surface area contributed by atoms with Crippen molar-refractivity contribution in [2.45, 2.75) is 33.2 Å². The molecule has 2 N–H and O–H groups in total. The molecule has 2 rings (SSSR count). The third-order valence-electron chi connectivity index (χ3n) is 3.69. The summed E-state index contributed by atoms with van der Waals surface area (Å²) in [5.74, 6) is 0.402. The quantitative estimate of drug-likeness (QED) is 0.929. The predicted molar refractivity (Wildman–Crippen MR) is 82.6 cm³/mol. The lowest BCUT2D eigenvalue weighted by atomic mass is 10.1. The predicted octanol–water partition coefficient (Wildman–Crippen LogP) is 3.08. The Morgan fingerprint density at radius 1 is 1.35 bits per heavy atom. The van der Waals surface area contributed by atoms with Crippen molar-refractivity contribution >= 4 is 22.6 Å². The Hall–Kier alpha value is -2.10. The highest BCUT2D eigenvalue weighted by molar-refractivity contribution is 6.07. The summed E-state index contributed by atoms with van der Waals surface area (Å²) in [5.41, 5.74) is 7.23. The summed E-state index contributed by atoms with van der Waals surface area (Å²) in [6, 6.07) is 9.49. The lowest BCUT2D eigenvalue weighted by Crippen LogP contribution is -2.38. The Labute approximate surface area is 119 Å². The van der Waals surface area contributed by atoms with E-state index in [1.54, 1.807) is 6.07 Å². The molecular formula is C16H21N3O. The van der Waals surface area contributed by atoms with Gasteiger partial charge < -0.3 is 10.6 Å². The summed E-state index contributed by atoms with van der Waals surface area (Å²) < 4.78 is 0. The number of aromatic nitrogens is 1. The number of carbonyl (C=O) groups excluding carboxylic acids is 1. The van der Waals surface area contributed by atoms with Gasteiger partial charge in [-0.2, -0.15) is 0 Å². The fourth-order valence-electron chi connectivity index (χ4n) is 2.40. The van der Waals surface area contributed by atoms with Crippen LogP contribution in [-0.2, 0) is 0 Å². The molecule has 0 saturated heterocycles. The van der Waals surface area contributed by atoms with Crippen molar-refractivity contribution in [1.29, 1.82) is 0 Å². The number of pyridine rings is 1. The van der Waals surface area contributed by atoms with Crippen molar-refractivity contribution in [3.63, 3.8) is 0 Å². The van der Waals surface area contributed by atoms with E-state index in [0.717, 1.165) is 17.3 Å². The Kier molecular flexibility index (Phi) is 4.23. The van der Waals surface area contributed by atoms with Gasteiger partial charge in [0.1, 0.15) is 5.82 Å². The first-order valence-corrected chi connectivity index (χ1v) is 7.04. The molecule has 1 aromatic carbocycles. The third-order valence-corrected chi connectivity index (χ3v) is 3.69. The minimum atomic E-state index is 0.0205. The number of nitrogen functional groups attached to an aromatic ring is 1. The van der Waals surface area contributed by atoms with Crippen LogP contribution in [0, 0.1) is 0 Å². The Morgan fingerprint density at radius 2 is 2.05 bits per heavy atom. The van der Waals surface area contributed by atoms with Gasteiger partial charge in [0.2, 0.25) is 0 Å². The van der Waals surface area contributed by atoms with Gasteiger partial charge in [0, 0.05) is 18.0 Å². The summed E-state index contributed by atoms with van der Waals surface area (Å²) in [5, 5.41) is 0.855. The number of hydrogen-bond donors (Lipinski definition) is 1. The number of hydrogen-bond acceptors (Lipinski definition) is 3. The zero-order valence-electron chi connectivity index (χ0n) is 12.3. The first-order chi connectivity index (χ1) is 9.58. The maximum atomic E-state index is 12.8. The number of benzene rings is 1. The number of rotatable bonds is 4. The Balaban J connectivity index is 2.53. The molecule has 0 spiro atoms. The van der Waals surface area contributed by atoms with E-state index in [1.165, 1.54) is 0 Å². The van der Waals surface area contributed by atoms with Crippen molar-refractivity contribution < 1.29 is 4.79 Å². The van der Waals surface area contributed by atoms with Crippen LogP contribution in [-0.4, -0.2) is 28.4 Å². The van der Waals surface area contributed by atoms with Gasteiger partial charge in [-0.3, -0.25) is 4.79 Å². The normalized spacial score (nSPS) is 12.3. The van der Waals surface area contributed by atoms with Gasteiger partial charge in [-0.1, -0.05) is 25.1 Å². The molecule has 20 heavy (non-hydrogen) atoms. The Bertz CT molecular complexity index is 624. The second kappa shape index (κ2) is 5.90. The number of fused-ring (bicyclic) bond motifs is 1. The molecule has 0 aliphatic rings. The zero-order valence-corrected chi connectivity index (χ0v) is 12.3.